The lowest BCUT2D eigenvalue weighted by molar-refractivity contribution is 0.572. The van der Waals surface area contributed by atoms with Gasteiger partial charge in [0, 0.05) is 34.1 Å². The smallest absolute Gasteiger partial charge is 0.252 e. The van der Waals surface area contributed by atoms with E-state index in [4.69, 9.17) is 0 Å². The Kier molecular flexibility index (Phi) is 9.18. The fraction of sp³-hybridized carbons (Fsp3) is 0.121. The summed E-state index contributed by atoms with van der Waals surface area (Å²) in [5, 5.41) is 10.1. The van der Waals surface area contributed by atoms with Gasteiger partial charge in [-0.25, -0.2) is 0 Å². The largest absolute Gasteiger partial charge is 0.311 e. The Morgan fingerprint density at radius 1 is 0.319 bits per heavy atom. The molecule has 2 nitrogen and oxygen atoms in total. The molecule has 0 N–H and O–H groups in total. The molecule has 0 saturated heterocycles. The number of benzene rings is 11. The second kappa shape index (κ2) is 15.3. The van der Waals surface area contributed by atoms with Crippen LogP contribution in [0.15, 0.2) is 212 Å². The molecule has 13 rings (SSSR count). The first-order chi connectivity index (χ1) is 33.5. The second-order valence-electron chi connectivity index (χ2n) is 21.4. The van der Waals surface area contributed by atoms with Crippen LogP contribution in [0.1, 0.15) is 52.7 Å². The second-order valence-corrected chi connectivity index (χ2v) is 21.4. The van der Waals surface area contributed by atoms with Gasteiger partial charge in [0.2, 0.25) is 0 Å². The Hall–Kier alpha value is -7.88. The number of hydrogen-bond donors (Lipinski definition) is 0. The molecule has 0 fully saturated rings. The molecule has 2 heterocycles. The van der Waals surface area contributed by atoms with Gasteiger partial charge < -0.3 is 9.80 Å². The van der Waals surface area contributed by atoms with Gasteiger partial charge in [-0.3, -0.25) is 0 Å². The van der Waals surface area contributed by atoms with E-state index in [-0.39, 0.29) is 17.5 Å². The molecule has 0 bridgehead atoms. The van der Waals surface area contributed by atoms with Gasteiger partial charge in [0.25, 0.3) is 6.71 Å². The number of para-hydroxylation sites is 2. The van der Waals surface area contributed by atoms with Crippen LogP contribution in [0.3, 0.4) is 0 Å². The van der Waals surface area contributed by atoms with Crippen LogP contribution >= 0.6 is 0 Å². The molecule has 3 heteroatoms. The van der Waals surface area contributed by atoms with Crippen molar-refractivity contribution in [3.63, 3.8) is 0 Å². The number of anilines is 6. The fourth-order valence-electron chi connectivity index (χ4n) is 11.8. The standard InChI is InChI=1S/C66H53BN2/c1-65(2,3)55-34-47(42-20-10-7-11-21-42)35-56(66(4,5)6)63(55)48-38-61-64-62(39-48)69(50-26-14-9-15-27-50)60-41-54-46(33-31-44-23-17-19-29-52(44)54)37-58(60)67(64)57-36-45-32-30-43-22-16-18-28-51(43)53(45)40-59(57)68(61)49-24-12-8-13-25-49/h7-41H,1-6H3. The maximum absolute atomic E-state index is 2.59. The molecule has 69 heavy (non-hydrogen) atoms. The van der Waals surface area contributed by atoms with Crippen molar-refractivity contribution < 1.29 is 0 Å². The molecule has 2 aliphatic rings. The van der Waals surface area contributed by atoms with Gasteiger partial charge in [-0.05, 0) is 164 Å². The molecule has 0 aromatic heterocycles. The van der Waals surface area contributed by atoms with E-state index in [1.165, 1.54) is 116 Å². The van der Waals surface area contributed by atoms with Crippen molar-refractivity contribution in [2.45, 2.75) is 52.4 Å². The Bertz CT molecular complexity index is 3630. The molecule has 0 amide bonds. The zero-order valence-corrected chi connectivity index (χ0v) is 40.2. The highest BCUT2D eigenvalue weighted by Crippen LogP contribution is 2.51. The number of nitrogens with zero attached hydrogens (tertiary/aromatic N) is 2. The third kappa shape index (κ3) is 6.55. The highest BCUT2D eigenvalue weighted by molar-refractivity contribution is 7.00. The molecule has 0 unspecified atom stereocenters. The summed E-state index contributed by atoms with van der Waals surface area (Å²) in [7, 11) is 0. The lowest BCUT2D eigenvalue weighted by atomic mass is 9.33. The van der Waals surface area contributed by atoms with Crippen LogP contribution in [0.25, 0.3) is 65.3 Å². The van der Waals surface area contributed by atoms with Crippen LogP contribution in [0, 0.1) is 0 Å². The summed E-state index contributed by atoms with van der Waals surface area (Å²) >= 11 is 0. The van der Waals surface area contributed by atoms with Crippen molar-refractivity contribution in [2.24, 2.45) is 0 Å². The maximum Gasteiger partial charge on any atom is 0.252 e. The SMILES string of the molecule is CC(C)(C)c1cc(-c2ccccc2)cc(C(C)(C)C)c1-c1cc2c3c(c1)N(c1ccccc1)c1cc4c(ccc5ccccc54)cc1B3c1cc3ccc4ccccc4c3cc1N2c1ccccc1. The van der Waals surface area contributed by atoms with Gasteiger partial charge in [-0.1, -0.05) is 193 Å². The fourth-order valence-corrected chi connectivity index (χ4v) is 11.8. The first kappa shape index (κ1) is 41.3. The van der Waals surface area contributed by atoms with E-state index in [2.05, 4.69) is 264 Å². The molecule has 0 atom stereocenters. The van der Waals surface area contributed by atoms with Crippen LogP contribution in [-0.2, 0) is 10.8 Å². The normalized spacial score (nSPS) is 13.3. The lowest BCUT2D eigenvalue weighted by Crippen LogP contribution is -2.61. The molecule has 2 aliphatic heterocycles. The summed E-state index contributed by atoms with van der Waals surface area (Å²) in [6.07, 6.45) is 0. The molecular formula is C66H53BN2. The number of hydrogen-bond acceptors (Lipinski definition) is 2. The van der Waals surface area contributed by atoms with Crippen molar-refractivity contribution in [3.05, 3.63) is 223 Å². The van der Waals surface area contributed by atoms with E-state index in [0.29, 0.717) is 0 Å². The highest BCUT2D eigenvalue weighted by atomic mass is 15.2. The van der Waals surface area contributed by atoms with Crippen LogP contribution in [0.2, 0.25) is 0 Å². The predicted molar refractivity (Wildman–Crippen MR) is 299 cm³/mol. The summed E-state index contributed by atoms with van der Waals surface area (Å²) in [5.41, 5.74) is 18.5. The molecule has 0 spiro atoms. The van der Waals surface area contributed by atoms with Gasteiger partial charge in [0.15, 0.2) is 0 Å². The van der Waals surface area contributed by atoms with Crippen molar-refractivity contribution in [3.8, 4) is 22.3 Å². The first-order valence-electron chi connectivity index (χ1n) is 24.5. The third-order valence-electron chi connectivity index (χ3n) is 15.0. The average molecular weight is 885 g/mol. The Labute approximate surface area is 406 Å². The first-order valence-corrected chi connectivity index (χ1v) is 24.5. The van der Waals surface area contributed by atoms with Crippen molar-refractivity contribution >= 4 is 100 Å². The average Bonchev–Trinajstić information content (AvgIpc) is 3.37. The topological polar surface area (TPSA) is 6.48 Å². The number of rotatable bonds is 4. The summed E-state index contributed by atoms with van der Waals surface area (Å²) < 4.78 is 0. The van der Waals surface area contributed by atoms with Gasteiger partial charge in [0.05, 0.1) is 0 Å². The third-order valence-corrected chi connectivity index (χ3v) is 15.0. The summed E-state index contributed by atoms with van der Waals surface area (Å²) in [4.78, 5) is 5.17. The van der Waals surface area contributed by atoms with Crippen molar-refractivity contribution in [1.82, 2.24) is 0 Å². The minimum Gasteiger partial charge on any atom is -0.311 e. The van der Waals surface area contributed by atoms with E-state index in [9.17, 15) is 0 Å². The van der Waals surface area contributed by atoms with Crippen molar-refractivity contribution in [2.75, 3.05) is 9.80 Å². The van der Waals surface area contributed by atoms with Gasteiger partial charge in [-0.2, -0.15) is 0 Å². The molecule has 11 aromatic rings. The van der Waals surface area contributed by atoms with Crippen LogP contribution in [0.5, 0.6) is 0 Å². The molecular weight excluding hydrogens is 832 g/mol. The number of fused-ring (bicyclic) bond motifs is 10. The molecule has 330 valence electrons. The zero-order valence-electron chi connectivity index (χ0n) is 40.2. The summed E-state index contributed by atoms with van der Waals surface area (Å²) in [6.45, 7) is 14.3. The van der Waals surface area contributed by atoms with E-state index in [1.54, 1.807) is 0 Å². The van der Waals surface area contributed by atoms with Gasteiger partial charge in [-0.15, -0.1) is 0 Å². The van der Waals surface area contributed by atoms with E-state index in [1.807, 2.05) is 0 Å². The molecule has 0 aliphatic carbocycles. The van der Waals surface area contributed by atoms with E-state index in [0.717, 1.165) is 11.4 Å². The summed E-state index contributed by atoms with van der Waals surface area (Å²) in [5.74, 6) is 0. The molecule has 11 aromatic carbocycles. The van der Waals surface area contributed by atoms with Crippen LogP contribution in [0.4, 0.5) is 34.1 Å². The van der Waals surface area contributed by atoms with Crippen molar-refractivity contribution in [1.29, 1.82) is 0 Å². The van der Waals surface area contributed by atoms with Gasteiger partial charge in [0.1, 0.15) is 0 Å². The van der Waals surface area contributed by atoms with E-state index >= 15 is 0 Å². The zero-order chi connectivity index (χ0) is 46.8. The van der Waals surface area contributed by atoms with Gasteiger partial charge >= 0.3 is 0 Å². The Balaban J connectivity index is 1.21. The Morgan fingerprint density at radius 3 is 1.17 bits per heavy atom. The lowest BCUT2D eigenvalue weighted by Gasteiger charge is -2.45. The predicted octanol–water partition coefficient (Wildman–Crippen LogP) is 16.3. The maximum atomic E-state index is 2.59. The van der Waals surface area contributed by atoms with Crippen LogP contribution < -0.4 is 26.2 Å². The monoisotopic (exact) mass is 884 g/mol. The quantitative estimate of drug-likeness (QED) is 0.128. The summed E-state index contributed by atoms with van der Waals surface area (Å²) in [6, 6.07) is 80.2. The minimum absolute atomic E-state index is 0.0506. The minimum atomic E-state index is -0.173. The highest BCUT2D eigenvalue weighted by Gasteiger charge is 2.44. The van der Waals surface area contributed by atoms with E-state index < -0.39 is 0 Å². The Morgan fingerprint density at radius 2 is 0.725 bits per heavy atom. The van der Waals surface area contributed by atoms with Crippen LogP contribution in [-0.4, -0.2) is 6.71 Å². The molecule has 0 saturated carbocycles. The molecule has 0 radical (unpaired) electrons.